The zero-order valence-corrected chi connectivity index (χ0v) is 22.3. The molecule has 1 amide bonds. The third-order valence-electron chi connectivity index (χ3n) is 5.84. The second kappa shape index (κ2) is 10.8. The van der Waals surface area contributed by atoms with Gasteiger partial charge >= 0.3 is 0 Å². The summed E-state index contributed by atoms with van der Waals surface area (Å²) in [5, 5.41) is 1.10. The summed E-state index contributed by atoms with van der Waals surface area (Å²) in [6.45, 7) is 6.69. The van der Waals surface area contributed by atoms with Crippen LogP contribution in [-0.4, -0.2) is 26.9 Å². The highest BCUT2D eigenvalue weighted by atomic mass is 79.9. The lowest BCUT2D eigenvalue weighted by atomic mass is 10.1. The van der Waals surface area contributed by atoms with Crippen molar-refractivity contribution in [3.63, 3.8) is 0 Å². The number of carbonyl (C=O) groups is 1. The van der Waals surface area contributed by atoms with Gasteiger partial charge in [-0.2, -0.15) is 0 Å². The van der Waals surface area contributed by atoms with Gasteiger partial charge in [-0.25, -0.2) is 4.98 Å². The van der Waals surface area contributed by atoms with Crippen LogP contribution in [0.4, 0.5) is 0 Å². The van der Waals surface area contributed by atoms with Crippen LogP contribution in [0.5, 0.6) is 0 Å². The molecule has 0 saturated heterocycles. The minimum Gasteiger partial charge on any atom is -0.328 e. The minimum absolute atomic E-state index is 0.100. The zero-order chi connectivity index (χ0) is 25.1. The number of hydrogen-bond donors (Lipinski definition) is 0. The average molecular weight is 553 g/mol. The van der Waals surface area contributed by atoms with Gasteiger partial charge in [0.25, 0.3) is 11.5 Å². The van der Waals surface area contributed by atoms with Gasteiger partial charge in [-0.15, -0.1) is 0 Å². The van der Waals surface area contributed by atoms with Crippen LogP contribution >= 0.6 is 27.5 Å². The van der Waals surface area contributed by atoms with E-state index in [-0.39, 0.29) is 17.4 Å². The number of fused-ring (bicyclic) bond motifs is 1. The minimum atomic E-state index is -0.420. The Labute approximate surface area is 218 Å². The predicted molar refractivity (Wildman–Crippen MR) is 145 cm³/mol. The van der Waals surface area contributed by atoms with E-state index in [0.717, 1.165) is 4.47 Å². The van der Waals surface area contributed by atoms with Crippen molar-refractivity contribution in [3.8, 4) is 5.69 Å². The smallest absolute Gasteiger partial charge is 0.266 e. The second-order valence-electron chi connectivity index (χ2n) is 8.89. The molecule has 0 N–H and O–H groups in total. The second-order valence-corrected chi connectivity index (χ2v) is 10.2. The number of aromatic nitrogens is 2. The molecule has 0 bridgehead atoms. The van der Waals surface area contributed by atoms with Gasteiger partial charge in [0.15, 0.2) is 0 Å². The monoisotopic (exact) mass is 551 g/mol. The van der Waals surface area contributed by atoms with E-state index in [1.54, 1.807) is 34.9 Å². The fraction of sp³-hybridized carbons (Fsp3) is 0.250. The van der Waals surface area contributed by atoms with Crippen molar-refractivity contribution in [2.45, 2.75) is 33.2 Å². The SMILES string of the molecule is CCC(c1nc2ccccc2c(=O)n1-c1ccc(Cl)cc1)N(CC(C)C)C(=O)c1cccc(Br)c1. The summed E-state index contributed by atoms with van der Waals surface area (Å²) in [4.78, 5) is 34.4. The summed E-state index contributed by atoms with van der Waals surface area (Å²) < 4.78 is 2.46. The van der Waals surface area contributed by atoms with Gasteiger partial charge in [0.1, 0.15) is 5.82 Å². The summed E-state index contributed by atoms with van der Waals surface area (Å²) in [5.41, 5.74) is 1.67. The Morgan fingerprint density at radius 2 is 1.77 bits per heavy atom. The van der Waals surface area contributed by atoms with Gasteiger partial charge in [-0.1, -0.05) is 66.5 Å². The topological polar surface area (TPSA) is 55.2 Å². The molecule has 5 nitrogen and oxygen atoms in total. The summed E-state index contributed by atoms with van der Waals surface area (Å²) >= 11 is 9.61. The third kappa shape index (κ3) is 5.34. The van der Waals surface area contributed by atoms with E-state index in [1.807, 2.05) is 54.3 Å². The Kier molecular flexibility index (Phi) is 7.72. The molecule has 180 valence electrons. The lowest BCUT2D eigenvalue weighted by molar-refractivity contribution is 0.0631. The van der Waals surface area contributed by atoms with Gasteiger partial charge in [0.2, 0.25) is 0 Å². The van der Waals surface area contributed by atoms with Crippen LogP contribution < -0.4 is 5.56 Å². The molecule has 35 heavy (non-hydrogen) atoms. The number of hydrogen-bond acceptors (Lipinski definition) is 3. The Bertz CT molecular complexity index is 1420. The number of nitrogens with zero attached hydrogens (tertiary/aromatic N) is 3. The van der Waals surface area contributed by atoms with Crippen LogP contribution in [0, 0.1) is 5.92 Å². The summed E-state index contributed by atoms with van der Waals surface area (Å²) in [7, 11) is 0. The fourth-order valence-electron chi connectivity index (χ4n) is 4.29. The number of para-hydroxylation sites is 1. The van der Waals surface area contributed by atoms with Gasteiger partial charge in [0, 0.05) is 21.6 Å². The van der Waals surface area contributed by atoms with Crippen molar-refractivity contribution in [3.05, 3.63) is 104 Å². The van der Waals surface area contributed by atoms with E-state index in [4.69, 9.17) is 16.6 Å². The Hall–Kier alpha value is -2.96. The number of carbonyl (C=O) groups excluding carboxylic acids is 1. The van der Waals surface area contributed by atoms with Crippen LogP contribution in [0.25, 0.3) is 16.6 Å². The van der Waals surface area contributed by atoms with Crippen LogP contribution in [0.15, 0.2) is 82.1 Å². The van der Waals surface area contributed by atoms with E-state index >= 15 is 0 Å². The quantitative estimate of drug-likeness (QED) is 0.247. The molecule has 1 unspecified atom stereocenters. The standard InChI is InChI=1S/C28H27BrClN3O2/c1-4-25(32(17-18(2)3)27(34)19-8-7-9-20(29)16-19)26-31-24-11-6-5-10-23(24)28(35)33(26)22-14-12-21(30)13-15-22/h5-16,18,25H,4,17H2,1-3H3. The highest BCUT2D eigenvalue weighted by Crippen LogP contribution is 2.29. The van der Waals surface area contributed by atoms with E-state index in [9.17, 15) is 9.59 Å². The number of benzene rings is 3. The van der Waals surface area contributed by atoms with E-state index in [2.05, 4.69) is 29.8 Å². The molecule has 0 fully saturated rings. The van der Waals surface area contributed by atoms with E-state index in [1.165, 1.54) is 0 Å². The van der Waals surface area contributed by atoms with Crippen molar-refractivity contribution in [2.24, 2.45) is 5.92 Å². The van der Waals surface area contributed by atoms with Crippen LogP contribution in [0.1, 0.15) is 49.4 Å². The summed E-state index contributed by atoms with van der Waals surface area (Å²) in [5.74, 6) is 0.649. The van der Waals surface area contributed by atoms with Crippen molar-refractivity contribution >= 4 is 44.3 Å². The number of rotatable bonds is 7. The van der Waals surface area contributed by atoms with Crippen molar-refractivity contribution in [1.29, 1.82) is 0 Å². The molecule has 1 atom stereocenters. The molecule has 0 saturated carbocycles. The van der Waals surface area contributed by atoms with Crippen LogP contribution in [0.2, 0.25) is 5.02 Å². The third-order valence-corrected chi connectivity index (χ3v) is 6.59. The largest absolute Gasteiger partial charge is 0.328 e. The maximum Gasteiger partial charge on any atom is 0.266 e. The molecule has 0 aliphatic carbocycles. The van der Waals surface area contributed by atoms with Gasteiger partial charge in [-0.3, -0.25) is 14.2 Å². The lowest BCUT2D eigenvalue weighted by Crippen LogP contribution is -2.40. The van der Waals surface area contributed by atoms with Gasteiger partial charge in [0.05, 0.1) is 22.6 Å². The Morgan fingerprint density at radius 3 is 2.43 bits per heavy atom. The van der Waals surface area contributed by atoms with Crippen molar-refractivity contribution in [1.82, 2.24) is 14.5 Å². The molecule has 3 aromatic carbocycles. The van der Waals surface area contributed by atoms with Crippen molar-refractivity contribution in [2.75, 3.05) is 6.54 Å². The van der Waals surface area contributed by atoms with Gasteiger partial charge in [-0.05, 0) is 66.9 Å². The van der Waals surface area contributed by atoms with Crippen molar-refractivity contribution < 1.29 is 4.79 Å². The first-order valence-electron chi connectivity index (χ1n) is 11.6. The first-order chi connectivity index (χ1) is 16.8. The van der Waals surface area contributed by atoms with Crippen LogP contribution in [-0.2, 0) is 0 Å². The summed E-state index contributed by atoms with van der Waals surface area (Å²) in [6, 6.07) is 21.4. The molecule has 0 spiro atoms. The average Bonchev–Trinajstić information content (AvgIpc) is 2.84. The zero-order valence-electron chi connectivity index (χ0n) is 19.9. The molecule has 1 heterocycles. The fourth-order valence-corrected chi connectivity index (χ4v) is 4.81. The highest BCUT2D eigenvalue weighted by Gasteiger charge is 2.30. The molecule has 1 aromatic heterocycles. The van der Waals surface area contributed by atoms with Gasteiger partial charge < -0.3 is 4.90 Å². The molecular weight excluding hydrogens is 526 g/mol. The molecule has 4 aromatic rings. The molecule has 0 aliphatic rings. The molecular formula is C28H27BrClN3O2. The number of amides is 1. The Morgan fingerprint density at radius 1 is 1.06 bits per heavy atom. The number of halogens is 2. The predicted octanol–water partition coefficient (Wildman–Crippen LogP) is 7.05. The van der Waals surface area contributed by atoms with Crippen LogP contribution in [0.3, 0.4) is 0 Å². The normalized spacial score (nSPS) is 12.2. The highest BCUT2D eigenvalue weighted by molar-refractivity contribution is 9.10. The molecule has 0 radical (unpaired) electrons. The molecule has 4 rings (SSSR count). The molecule has 7 heteroatoms. The maximum absolute atomic E-state index is 13.8. The summed E-state index contributed by atoms with van der Waals surface area (Å²) in [6.07, 6.45) is 0.588. The maximum atomic E-state index is 13.8. The van der Waals surface area contributed by atoms with E-state index < -0.39 is 6.04 Å². The van der Waals surface area contributed by atoms with E-state index in [0.29, 0.717) is 46.0 Å². The first-order valence-corrected chi connectivity index (χ1v) is 12.8. The molecule has 0 aliphatic heterocycles. The lowest BCUT2D eigenvalue weighted by Gasteiger charge is -2.33. The Balaban J connectivity index is 1.95. The first kappa shape index (κ1) is 25.1.